The number of carboxylic acid groups (broad SMARTS) is 1. The number of β-lactam (4-membered cyclic amide) rings is 1. The van der Waals surface area contributed by atoms with Gasteiger partial charge in [0.2, 0.25) is 5.91 Å². The number of fused-ring (bicyclic) bond motifs is 2. The monoisotopic (exact) mass is 479 g/mol. The van der Waals surface area contributed by atoms with Crippen LogP contribution in [0.2, 0.25) is 0 Å². The molecule has 1 saturated heterocycles. The van der Waals surface area contributed by atoms with Crippen LogP contribution in [0, 0.1) is 11.8 Å². The number of hydrogen-bond donors (Lipinski definition) is 1. The van der Waals surface area contributed by atoms with Crippen LogP contribution in [0.3, 0.4) is 0 Å². The van der Waals surface area contributed by atoms with Gasteiger partial charge in [0.05, 0.1) is 34.6 Å². The zero-order chi connectivity index (χ0) is 21.4. The molecule has 13 heteroatoms. The molecule has 6 atom stereocenters. The van der Waals surface area contributed by atoms with Crippen molar-refractivity contribution < 1.29 is 58.5 Å². The molecule has 4 rings (SSSR count). The van der Waals surface area contributed by atoms with Crippen molar-refractivity contribution in [1.82, 2.24) is 14.3 Å². The second kappa shape index (κ2) is 8.41. The first-order valence-electron chi connectivity index (χ1n) is 8.72. The van der Waals surface area contributed by atoms with Crippen LogP contribution < -0.4 is 34.7 Å². The smallest absolute Gasteiger partial charge is 0.610 e. The Hall–Kier alpha value is -0.570. The van der Waals surface area contributed by atoms with Crippen LogP contribution in [-0.2, 0) is 31.9 Å². The Labute approximate surface area is 204 Å². The number of carbonyl (C=O) groups excluding carboxylic acids is 2. The fourth-order valence-electron chi connectivity index (χ4n) is 4.23. The number of rotatable bonds is 5. The third-order valence-corrected chi connectivity index (χ3v) is 8.31. The van der Waals surface area contributed by atoms with Crippen LogP contribution in [0.15, 0.2) is 22.1 Å². The summed E-state index contributed by atoms with van der Waals surface area (Å²) >= 11 is -1.70. The van der Waals surface area contributed by atoms with Gasteiger partial charge in [-0.15, -0.1) is 16.3 Å². The topological polar surface area (TPSA) is 144 Å². The number of thiazole rings is 1. The van der Waals surface area contributed by atoms with Gasteiger partial charge in [0.15, 0.2) is 4.83 Å². The van der Waals surface area contributed by atoms with Gasteiger partial charge in [-0.05, 0) is 6.92 Å². The summed E-state index contributed by atoms with van der Waals surface area (Å²) in [7, 11) is 0. The Kier molecular flexibility index (Phi) is 6.75. The average Bonchev–Trinajstić information content (AvgIpc) is 3.22. The van der Waals surface area contributed by atoms with Crippen molar-refractivity contribution in [2.24, 2.45) is 11.8 Å². The number of hydrogen-bond acceptors (Lipinski definition) is 8. The van der Waals surface area contributed by atoms with Crippen molar-refractivity contribution in [1.29, 1.82) is 0 Å². The zero-order valence-electron chi connectivity index (χ0n) is 16.9. The molecule has 0 saturated carbocycles. The number of carbonyl (C=O) groups is 2. The van der Waals surface area contributed by atoms with Crippen LogP contribution in [-0.4, -0.2) is 65.0 Å². The van der Waals surface area contributed by atoms with E-state index >= 15 is 0 Å². The molecule has 2 unspecified atom stereocenters. The van der Waals surface area contributed by atoms with Crippen LogP contribution in [0.4, 0.5) is 0 Å². The third-order valence-electron chi connectivity index (χ3n) is 5.42. The molecular weight excluding hydrogens is 461 g/mol. The minimum Gasteiger partial charge on any atom is -0.610 e. The molecule has 30 heavy (non-hydrogen) atoms. The SMILES string of the molecule is C[C@@H](O)[C@H]1C(=O)N2C(C(=O)[O-])=C(c3cn4c([S+](C)[O-])nc([S+](C)[O-])c4s3)[C@H](C)[C@H]12.[Na+]. The summed E-state index contributed by atoms with van der Waals surface area (Å²) in [4.78, 5) is 30.8. The fourth-order valence-corrected chi connectivity index (χ4v) is 7.15. The molecule has 2 aliphatic rings. The van der Waals surface area contributed by atoms with E-state index in [-0.39, 0.29) is 51.4 Å². The summed E-state index contributed by atoms with van der Waals surface area (Å²) < 4.78 is 25.7. The van der Waals surface area contributed by atoms with Crippen molar-refractivity contribution in [3.63, 3.8) is 0 Å². The van der Waals surface area contributed by atoms with Gasteiger partial charge in [0, 0.05) is 40.0 Å². The molecule has 2 aromatic rings. The minimum atomic E-state index is -1.47. The number of aliphatic hydroxyl groups excluding tert-OH is 1. The molecule has 1 fully saturated rings. The molecule has 0 spiro atoms. The Morgan fingerprint density at radius 2 is 1.97 bits per heavy atom. The molecule has 1 N–H and O–H groups in total. The minimum absolute atomic E-state index is 0. The van der Waals surface area contributed by atoms with E-state index in [0.29, 0.717) is 15.3 Å². The molecule has 0 bridgehead atoms. The Morgan fingerprint density at radius 3 is 2.47 bits per heavy atom. The maximum Gasteiger partial charge on any atom is 1.00 e. The van der Waals surface area contributed by atoms with Crippen molar-refractivity contribution >= 4 is 56.0 Å². The molecule has 9 nitrogen and oxygen atoms in total. The van der Waals surface area contributed by atoms with Crippen molar-refractivity contribution in [2.75, 3.05) is 12.5 Å². The summed E-state index contributed by atoms with van der Waals surface area (Å²) in [6.45, 7) is 3.31. The van der Waals surface area contributed by atoms with Gasteiger partial charge in [0.1, 0.15) is 12.5 Å². The van der Waals surface area contributed by atoms with Crippen molar-refractivity contribution in [2.45, 2.75) is 36.2 Å². The maximum absolute atomic E-state index is 12.5. The fraction of sp³-hybridized carbons (Fsp3) is 0.471. The molecular formula is C17H18N3NaO6S3. The summed E-state index contributed by atoms with van der Waals surface area (Å²) in [5, 5.41) is 22.4. The Bertz CT molecular complexity index is 1020. The summed E-state index contributed by atoms with van der Waals surface area (Å²) in [6.07, 6.45) is 3.63. The number of nitrogens with zero attached hydrogens (tertiary/aromatic N) is 3. The van der Waals surface area contributed by atoms with E-state index in [1.165, 1.54) is 35.7 Å². The molecule has 2 aliphatic heterocycles. The maximum atomic E-state index is 12.5. The van der Waals surface area contributed by atoms with Gasteiger partial charge < -0.3 is 29.0 Å². The summed E-state index contributed by atoms with van der Waals surface area (Å²) in [6, 6.07) is -0.468. The molecule has 4 heterocycles. The normalized spacial score (nSPS) is 26.3. The summed E-state index contributed by atoms with van der Waals surface area (Å²) in [5.74, 6) is -2.95. The van der Waals surface area contributed by atoms with Gasteiger partial charge in [0.25, 0.3) is 5.03 Å². The number of aliphatic hydroxyl groups is 1. The van der Waals surface area contributed by atoms with Gasteiger partial charge in [-0.3, -0.25) is 4.79 Å². The van der Waals surface area contributed by atoms with E-state index in [9.17, 15) is 28.9 Å². The van der Waals surface area contributed by atoms with Crippen LogP contribution in [0.5, 0.6) is 0 Å². The van der Waals surface area contributed by atoms with Gasteiger partial charge in [-0.2, -0.15) is 0 Å². The van der Waals surface area contributed by atoms with E-state index in [1.807, 2.05) is 0 Å². The quantitative estimate of drug-likeness (QED) is 0.263. The van der Waals surface area contributed by atoms with Gasteiger partial charge in [-0.25, -0.2) is 4.40 Å². The number of aliphatic carboxylic acids is 1. The molecule has 156 valence electrons. The molecule has 2 aromatic heterocycles. The van der Waals surface area contributed by atoms with Crippen molar-refractivity contribution in [3.05, 3.63) is 16.8 Å². The Morgan fingerprint density at radius 1 is 1.33 bits per heavy atom. The first-order valence-corrected chi connectivity index (χ1v) is 12.6. The molecule has 0 aromatic carbocycles. The Balaban J connectivity index is 0.00000256. The largest absolute Gasteiger partial charge is 1.00 e. The molecule has 0 radical (unpaired) electrons. The number of imidazole rings is 1. The van der Waals surface area contributed by atoms with E-state index in [2.05, 4.69) is 4.98 Å². The zero-order valence-corrected chi connectivity index (χ0v) is 21.4. The second-order valence-electron chi connectivity index (χ2n) is 7.18. The predicted octanol–water partition coefficient (Wildman–Crippen LogP) is -3.81. The standard InChI is InChI=1S/C17H19N3O6S3.Na/c1-6-9(12(16(23)24)20-11(6)10(7(2)21)14(20)22)8-5-19-15(27-8)13(28(3)25)18-17(19)29(4)26;/h5-7,10-11,21H,1-4H3,(H,23,24);/q;+1/p-1/t6-,7+,10+,11+,28?,29?;/m0./s1. The third kappa shape index (κ3) is 3.37. The van der Waals surface area contributed by atoms with Crippen LogP contribution in [0.25, 0.3) is 10.4 Å². The summed E-state index contributed by atoms with van der Waals surface area (Å²) in [5.41, 5.74) is 0.209. The van der Waals surface area contributed by atoms with Gasteiger partial charge >= 0.3 is 34.7 Å². The van der Waals surface area contributed by atoms with E-state index in [1.54, 1.807) is 17.5 Å². The first kappa shape index (κ1) is 24.1. The van der Waals surface area contributed by atoms with Crippen LogP contribution >= 0.6 is 11.3 Å². The van der Waals surface area contributed by atoms with E-state index in [0.717, 1.165) is 0 Å². The van der Waals surface area contributed by atoms with E-state index < -0.39 is 52.3 Å². The van der Waals surface area contributed by atoms with Crippen LogP contribution in [0.1, 0.15) is 18.7 Å². The molecule has 0 aliphatic carbocycles. The average molecular weight is 480 g/mol. The van der Waals surface area contributed by atoms with Gasteiger partial charge in [-0.1, -0.05) is 6.92 Å². The number of amides is 1. The van der Waals surface area contributed by atoms with Crippen molar-refractivity contribution in [3.8, 4) is 0 Å². The number of aromatic nitrogens is 2. The predicted molar refractivity (Wildman–Crippen MR) is 105 cm³/mol. The number of carboxylic acids is 1. The molecule has 1 amide bonds. The van der Waals surface area contributed by atoms with E-state index in [4.69, 9.17) is 0 Å². The first-order chi connectivity index (χ1) is 13.6. The second-order valence-corrected chi connectivity index (χ2v) is 10.8.